The summed E-state index contributed by atoms with van der Waals surface area (Å²) in [5.41, 5.74) is 4.08. The summed E-state index contributed by atoms with van der Waals surface area (Å²) in [7, 11) is 0. The number of carbonyl (C=O) groups is 2. The summed E-state index contributed by atoms with van der Waals surface area (Å²) in [6.07, 6.45) is 0.668. The minimum atomic E-state index is -0.823. The van der Waals surface area contributed by atoms with Crippen LogP contribution in [-0.2, 0) is 16.0 Å². The van der Waals surface area contributed by atoms with Crippen LogP contribution >= 0.6 is 0 Å². The number of carboxylic acid groups (broad SMARTS) is 1. The van der Waals surface area contributed by atoms with Crippen LogP contribution in [-0.4, -0.2) is 46.0 Å². The molecule has 7 heteroatoms. The summed E-state index contributed by atoms with van der Waals surface area (Å²) >= 11 is 0. The molecule has 0 atom stereocenters. The van der Waals surface area contributed by atoms with E-state index in [1.165, 1.54) is 0 Å². The molecule has 1 aromatic heterocycles. The second kappa shape index (κ2) is 9.32. The number of aliphatic carboxylic acids is 1. The molecule has 146 valence electrons. The molecule has 0 spiro atoms. The van der Waals surface area contributed by atoms with Gasteiger partial charge in [0, 0.05) is 24.2 Å². The van der Waals surface area contributed by atoms with E-state index in [2.05, 4.69) is 10.4 Å². The molecule has 0 aliphatic rings. The monoisotopic (exact) mass is 373 g/mol. The number of hydrogen-bond donors (Lipinski definition) is 2. The van der Waals surface area contributed by atoms with Crippen LogP contribution < -0.4 is 5.32 Å². The predicted molar refractivity (Wildman–Crippen MR) is 102 cm³/mol. The molecule has 2 N–H and O–H groups in total. The Morgan fingerprint density at radius 2 is 1.89 bits per heavy atom. The Balaban J connectivity index is 2.05. The number of carboxylic acids is 1. The number of rotatable bonds is 9. The summed E-state index contributed by atoms with van der Waals surface area (Å²) in [4.78, 5) is 23.0. The van der Waals surface area contributed by atoms with Crippen molar-refractivity contribution < 1.29 is 19.4 Å². The van der Waals surface area contributed by atoms with E-state index in [1.807, 2.05) is 39.8 Å². The smallest absolute Gasteiger partial charge is 0.303 e. The average Bonchev–Trinajstić information content (AvgIpc) is 2.90. The maximum absolute atomic E-state index is 12.2. The highest BCUT2D eigenvalue weighted by Gasteiger charge is 2.14. The topological polar surface area (TPSA) is 93.5 Å². The van der Waals surface area contributed by atoms with Gasteiger partial charge in [0.2, 0.25) is 0 Å². The lowest BCUT2D eigenvalue weighted by Gasteiger charge is -2.09. The van der Waals surface area contributed by atoms with Gasteiger partial charge in [-0.25, -0.2) is 4.68 Å². The van der Waals surface area contributed by atoms with Crippen molar-refractivity contribution in [1.29, 1.82) is 0 Å². The van der Waals surface area contributed by atoms with Gasteiger partial charge >= 0.3 is 5.97 Å². The van der Waals surface area contributed by atoms with Gasteiger partial charge < -0.3 is 15.2 Å². The molecule has 0 saturated carbocycles. The molecule has 1 heterocycles. The normalized spacial score (nSPS) is 11.0. The highest BCUT2D eigenvalue weighted by Crippen LogP contribution is 2.19. The molecule has 0 radical (unpaired) electrons. The van der Waals surface area contributed by atoms with Crippen molar-refractivity contribution in [3.63, 3.8) is 0 Å². The molecule has 2 rings (SSSR count). The summed E-state index contributed by atoms with van der Waals surface area (Å²) in [5, 5.41) is 16.2. The molecule has 0 bridgehead atoms. The zero-order valence-electron chi connectivity index (χ0n) is 16.3. The molecule has 0 aliphatic carbocycles. The van der Waals surface area contributed by atoms with E-state index in [0.29, 0.717) is 25.1 Å². The average molecular weight is 373 g/mol. The van der Waals surface area contributed by atoms with Crippen LogP contribution in [0.1, 0.15) is 47.6 Å². The first-order valence-electron chi connectivity index (χ1n) is 9.06. The van der Waals surface area contributed by atoms with E-state index in [0.717, 1.165) is 22.6 Å². The maximum Gasteiger partial charge on any atom is 0.303 e. The molecule has 0 fully saturated rings. The van der Waals surface area contributed by atoms with Crippen molar-refractivity contribution in [2.24, 2.45) is 0 Å². The molecule has 0 aliphatic heterocycles. The molecule has 1 amide bonds. The molecule has 0 unspecified atom stereocenters. The molecular weight excluding hydrogens is 346 g/mol. The van der Waals surface area contributed by atoms with Gasteiger partial charge in [0.15, 0.2) is 0 Å². The fourth-order valence-electron chi connectivity index (χ4n) is 2.84. The van der Waals surface area contributed by atoms with Crippen molar-refractivity contribution >= 4 is 11.9 Å². The Morgan fingerprint density at radius 3 is 2.48 bits per heavy atom. The zero-order chi connectivity index (χ0) is 20.0. The number of nitrogens with one attached hydrogen (secondary N) is 1. The highest BCUT2D eigenvalue weighted by atomic mass is 16.5. The fraction of sp³-hybridized carbons (Fsp3) is 0.450. The SMILES string of the molecule is Cc1nn(-c2ccc(C(=O)NCCOC(C)C)cc2)c(C)c1CCC(=O)O. The molecule has 2 aromatic rings. The Kier molecular flexibility index (Phi) is 7.12. The number of hydrogen-bond acceptors (Lipinski definition) is 4. The molecule has 1 aromatic carbocycles. The maximum atomic E-state index is 12.2. The number of carbonyl (C=O) groups excluding carboxylic acids is 1. The highest BCUT2D eigenvalue weighted by molar-refractivity contribution is 5.94. The Hall–Kier alpha value is -2.67. The van der Waals surface area contributed by atoms with Gasteiger partial charge in [0.05, 0.1) is 24.1 Å². The second-order valence-corrected chi connectivity index (χ2v) is 6.68. The third kappa shape index (κ3) is 5.65. The third-order valence-electron chi connectivity index (χ3n) is 4.24. The van der Waals surface area contributed by atoms with Crippen LogP contribution in [0, 0.1) is 13.8 Å². The van der Waals surface area contributed by atoms with E-state index in [9.17, 15) is 9.59 Å². The van der Waals surface area contributed by atoms with Crippen LogP contribution in [0.5, 0.6) is 0 Å². The second-order valence-electron chi connectivity index (χ2n) is 6.68. The Bertz CT molecular complexity index is 794. The van der Waals surface area contributed by atoms with Gasteiger partial charge in [0.25, 0.3) is 5.91 Å². The van der Waals surface area contributed by atoms with Gasteiger partial charge in [-0.3, -0.25) is 9.59 Å². The molecular formula is C20H27N3O4. The van der Waals surface area contributed by atoms with Crippen LogP contribution in [0.2, 0.25) is 0 Å². The Morgan fingerprint density at radius 1 is 1.22 bits per heavy atom. The fourth-order valence-corrected chi connectivity index (χ4v) is 2.84. The quantitative estimate of drug-likeness (QED) is 0.659. The molecule has 0 saturated heterocycles. The zero-order valence-corrected chi connectivity index (χ0v) is 16.3. The van der Waals surface area contributed by atoms with Gasteiger partial charge in [-0.15, -0.1) is 0 Å². The minimum absolute atomic E-state index is 0.0764. The van der Waals surface area contributed by atoms with Gasteiger partial charge in [0.1, 0.15) is 0 Å². The number of amides is 1. The van der Waals surface area contributed by atoms with Crippen molar-refractivity contribution in [3.8, 4) is 5.69 Å². The van der Waals surface area contributed by atoms with Crippen molar-refractivity contribution in [2.45, 2.75) is 46.6 Å². The third-order valence-corrected chi connectivity index (χ3v) is 4.24. The molecule has 27 heavy (non-hydrogen) atoms. The van der Waals surface area contributed by atoms with Crippen LogP contribution in [0.25, 0.3) is 5.69 Å². The van der Waals surface area contributed by atoms with Crippen molar-refractivity contribution in [2.75, 3.05) is 13.2 Å². The lowest BCUT2D eigenvalue weighted by molar-refractivity contribution is -0.136. The summed E-state index contributed by atoms with van der Waals surface area (Å²) in [5.74, 6) is -0.972. The van der Waals surface area contributed by atoms with Gasteiger partial charge in [-0.1, -0.05) is 0 Å². The standard InChI is InChI=1S/C20H27N3O4/c1-13(2)27-12-11-21-20(26)16-5-7-17(8-6-16)23-15(4)18(14(3)22-23)9-10-19(24)25/h5-8,13H,9-12H2,1-4H3,(H,21,26)(H,24,25). The number of aryl methyl sites for hydroxylation is 1. The van der Waals surface area contributed by atoms with Crippen molar-refractivity contribution in [3.05, 3.63) is 46.8 Å². The number of benzene rings is 1. The van der Waals surface area contributed by atoms with E-state index in [-0.39, 0.29) is 18.4 Å². The van der Waals surface area contributed by atoms with Gasteiger partial charge in [-0.2, -0.15) is 5.10 Å². The Labute approximate surface area is 159 Å². The summed E-state index contributed by atoms with van der Waals surface area (Å²) < 4.78 is 7.19. The predicted octanol–water partition coefficient (Wildman–Crippen LogP) is 2.66. The largest absolute Gasteiger partial charge is 0.481 e. The van der Waals surface area contributed by atoms with Crippen LogP contribution in [0.3, 0.4) is 0 Å². The summed E-state index contributed by atoms with van der Waals surface area (Å²) in [6, 6.07) is 7.17. The lowest BCUT2D eigenvalue weighted by Crippen LogP contribution is -2.28. The van der Waals surface area contributed by atoms with Gasteiger partial charge in [-0.05, 0) is 63.9 Å². The number of nitrogens with zero attached hydrogens (tertiary/aromatic N) is 2. The van der Waals surface area contributed by atoms with E-state index in [4.69, 9.17) is 9.84 Å². The van der Waals surface area contributed by atoms with Crippen LogP contribution in [0.15, 0.2) is 24.3 Å². The molecule has 7 nitrogen and oxygen atoms in total. The summed E-state index contributed by atoms with van der Waals surface area (Å²) in [6.45, 7) is 8.64. The van der Waals surface area contributed by atoms with E-state index < -0.39 is 5.97 Å². The first-order valence-corrected chi connectivity index (χ1v) is 9.06. The van der Waals surface area contributed by atoms with Crippen molar-refractivity contribution in [1.82, 2.24) is 15.1 Å². The number of ether oxygens (including phenoxy) is 1. The van der Waals surface area contributed by atoms with Crippen LogP contribution in [0.4, 0.5) is 0 Å². The minimum Gasteiger partial charge on any atom is -0.481 e. The lowest BCUT2D eigenvalue weighted by atomic mass is 10.1. The van der Waals surface area contributed by atoms with E-state index >= 15 is 0 Å². The van der Waals surface area contributed by atoms with E-state index in [1.54, 1.807) is 16.8 Å². The number of aromatic nitrogens is 2. The first-order chi connectivity index (χ1) is 12.8. The first kappa shape index (κ1) is 20.6.